The summed E-state index contributed by atoms with van der Waals surface area (Å²) in [4.78, 5) is 34.1. The molecule has 38 heavy (non-hydrogen) atoms. The van der Waals surface area contributed by atoms with Gasteiger partial charge in [-0.05, 0) is 61.6 Å². The maximum absolute atomic E-state index is 13.4. The highest BCUT2D eigenvalue weighted by molar-refractivity contribution is 7.10. The quantitative estimate of drug-likeness (QED) is 0.208. The minimum absolute atomic E-state index is 0.0462. The van der Waals surface area contributed by atoms with E-state index in [-0.39, 0.29) is 28.9 Å². The van der Waals surface area contributed by atoms with Crippen LogP contribution >= 0.6 is 11.5 Å². The third kappa shape index (κ3) is 5.65. The van der Waals surface area contributed by atoms with Gasteiger partial charge in [-0.15, -0.1) is 0 Å². The van der Waals surface area contributed by atoms with Gasteiger partial charge in [0.25, 0.3) is 11.5 Å². The molecular formula is C26H28FN7O3S. The molecule has 0 radical (unpaired) electrons. The fourth-order valence-corrected chi connectivity index (χ4v) is 4.73. The first-order chi connectivity index (χ1) is 18.2. The Labute approximate surface area is 222 Å². The lowest BCUT2D eigenvalue weighted by Crippen LogP contribution is -2.24. The van der Waals surface area contributed by atoms with E-state index in [4.69, 9.17) is 10.3 Å². The summed E-state index contributed by atoms with van der Waals surface area (Å²) in [5, 5.41) is 7.37. The number of hydrogen-bond donors (Lipinski definition) is 3. The summed E-state index contributed by atoms with van der Waals surface area (Å²) in [7, 11) is 0. The molecule has 198 valence electrons. The highest BCUT2D eigenvalue weighted by Gasteiger charge is 2.19. The molecule has 4 heterocycles. The maximum Gasteiger partial charge on any atom is 0.280 e. The second-order valence-corrected chi connectivity index (χ2v) is 9.66. The number of alkyl halides is 1. The standard InChI is InChI=1S/C26H28FN7O3S/c1-14(12-15(2)19-9-11-37-32-19)18-8-10-34(17(18)4)26(36)20-6-5-7-21(30-20)31-25-22(24(35)33-38-25)23(28)29-16(3)13-27/h5-12,15-16H,13H2,1-4H3,(H2,28,29)(H,30,31)(H,33,35)/b14-12-. The Kier molecular flexibility index (Phi) is 8.01. The number of rotatable bonds is 9. The third-order valence-corrected chi connectivity index (χ3v) is 6.76. The van der Waals surface area contributed by atoms with Gasteiger partial charge in [-0.2, -0.15) is 0 Å². The molecule has 0 aliphatic rings. The van der Waals surface area contributed by atoms with Crippen LogP contribution in [-0.2, 0) is 0 Å². The second kappa shape index (κ2) is 11.4. The van der Waals surface area contributed by atoms with E-state index in [0.717, 1.165) is 34.1 Å². The van der Waals surface area contributed by atoms with E-state index >= 15 is 0 Å². The molecule has 0 aliphatic carbocycles. The van der Waals surface area contributed by atoms with Crippen molar-refractivity contribution in [3.8, 4) is 0 Å². The van der Waals surface area contributed by atoms with E-state index in [1.54, 1.807) is 35.9 Å². The van der Waals surface area contributed by atoms with Gasteiger partial charge in [-0.25, -0.2) is 9.37 Å². The summed E-state index contributed by atoms with van der Waals surface area (Å²) in [6.45, 7) is 6.74. The van der Waals surface area contributed by atoms with Gasteiger partial charge in [-0.3, -0.25) is 23.5 Å². The molecule has 4 aromatic rings. The minimum atomic E-state index is -0.701. The number of aromatic nitrogens is 4. The van der Waals surface area contributed by atoms with Crippen LogP contribution in [0.25, 0.3) is 5.57 Å². The lowest BCUT2D eigenvalue weighted by molar-refractivity contribution is 0.0953. The Hall–Kier alpha value is -4.32. The largest absolute Gasteiger partial charge is 0.383 e. The number of pyridine rings is 1. The number of nitrogens with one attached hydrogen (secondary N) is 2. The van der Waals surface area contributed by atoms with E-state index in [1.807, 2.05) is 32.9 Å². The normalized spacial score (nSPS) is 13.9. The number of allylic oxidation sites excluding steroid dienone is 2. The Morgan fingerprint density at radius 1 is 1.34 bits per heavy atom. The minimum Gasteiger partial charge on any atom is -0.383 e. The molecule has 0 saturated heterocycles. The van der Waals surface area contributed by atoms with Crippen molar-refractivity contribution in [1.29, 1.82) is 0 Å². The van der Waals surface area contributed by atoms with E-state index in [1.165, 1.54) is 6.26 Å². The summed E-state index contributed by atoms with van der Waals surface area (Å²) in [5.41, 5.74) is 9.35. The number of carbonyl (C=O) groups excluding carboxylic acids is 1. The zero-order valence-corrected chi connectivity index (χ0v) is 22.2. The Morgan fingerprint density at radius 3 is 2.84 bits per heavy atom. The molecule has 4 rings (SSSR count). The average Bonchev–Trinajstić information content (AvgIpc) is 3.64. The molecule has 4 aromatic heterocycles. The Balaban J connectivity index is 1.57. The van der Waals surface area contributed by atoms with Crippen LogP contribution < -0.4 is 16.6 Å². The van der Waals surface area contributed by atoms with Crippen LogP contribution in [0, 0.1) is 6.92 Å². The average molecular weight is 538 g/mol. The lowest BCUT2D eigenvalue weighted by atomic mass is 10.0. The monoisotopic (exact) mass is 537 g/mol. The number of halogens is 1. The third-order valence-electron chi connectivity index (χ3n) is 5.96. The van der Waals surface area contributed by atoms with Gasteiger partial charge in [0.2, 0.25) is 0 Å². The summed E-state index contributed by atoms with van der Waals surface area (Å²) < 4.78 is 21.9. The Morgan fingerprint density at radius 2 is 2.13 bits per heavy atom. The topological polar surface area (TPSA) is 144 Å². The van der Waals surface area contributed by atoms with E-state index in [9.17, 15) is 14.0 Å². The van der Waals surface area contributed by atoms with Gasteiger partial charge in [0.15, 0.2) is 0 Å². The van der Waals surface area contributed by atoms with Crippen molar-refractivity contribution in [2.75, 3.05) is 12.0 Å². The molecule has 4 N–H and O–H groups in total. The van der Waals surface area contributed by atoms with Crippen molar-refractivity contribution in [1.82, 2.24) is 19.1 Å². The van der Waals surface area contributed by atoms with Crippen molar-refractivity contribution in [2.24, 2.45) is 10.7 Å². The first-order valence-corrected chi connectivity index (χ1v) is 12.7. The number of aliphatic imine (C=N–C) groups is 1. The van der Waals surface area contributed by atoms with Crippen molar-refractivity contribution in [3.63, 3.8) is 0 Å². The molecule has 0 spiro atoms. The number of H-pyrrole nitrogens is 1. The lowest BCUT2D eigenvalue weighted by Gasteiger charge is -2.10. The fraction of sp³-hybridized carbons (Fsp3) is 0.269. The predicted octanol–water partition coefficient (Wildman–Crippen LogP) is 4.63. The molecular weight excluding hydrogens is 509 g/mol. The second-order valence-electron chi connectivity index (χ2n) is 8.84. The van der Waals surface area contributed by atoms with Crippen molar-refractivity contribution in [3.05, 3.63) is 87.4 Å². The van der Waals surface area contributed by atoms with Crippen LogP contribution in [0.5, 0.6) is 0 Å². The summed E-state index contributed by atoms with van der Waals surface area (Å²) in [6.07, 6.45) is 5.32. The van der Waals surface area contributed by atoms with E-state index < -0.39 is 18.3 Å². The van der Waals surface area contributed by atoms with Crippen LogP contribution in [0.2, 0.25) is 0 Å². The first kappa shape index (κ1) is 26.7. The van der Waals surface area contributed by atoms with Crippen LogP contribution in [-0.4, -0.2) is 43.5 Å². The van der Waals surface area contributed by atoms with Crippen molar-refractivity contribution < 1.29 is 13.7 Å². The summed E-state index contributed by atoms with van der Waals surface area (Å²) in [6, 6.07) is 7.99. The summed E-state index contributed by atoms with van der Waals surface area (Å²) in [5.74, 6) is -0.00889. The van der Waals surface area contributed by atoms with Gasteiger partial charge >= 0.3 is 0 Å². The predicted molar refractivity (Wildman–Crippen MR) is 146 cm³/mol. The molecule has 0 fully saturated rings. The molecule has 0 bridgehead atoms. The number of aromatic amines is 1. The highest BCUT2D eigenvalue weighted by Crippen LogP contribution is 2.26. The van der Waals surface area contributed by atoms with E-state index in [0.29, 0.717) is 10.8 Å². The van der Waals surface area contributed by atoms with Crippen LogP contribution in [0.1, 0.15) is 59.7 Å². The first-order valence-electron chi connectivity index (χ1n) is 11.9. The van der Waals surface area contributed by atoms with Crippen LogP contribution in [0.15, 0.2) is 63.2 Å². The Bertz CT molecular complexity index is 1550. The zero-order chi connectivity index (χ0) is 27.4. The molecule has 0 aromatic carbocycles. The molecule has 0 aliphatic heterocycles. The summed E-state index contributed by atoms with van der Waals surface area (Å²) >= 11 is 1.01. The van der Waals surface area contributed by atoms with Gasteiger partial charge in [0.05, 0.1) is 11.7 Å². The van der Waals surface area contributed by atoms with Gasteiger partial charge in [-0.1, -0.05) is 24.2 Å². The van der Waals surface area contributed by atoms with Crippen molar-refractivity contribution in [2.45, 2.75) is 39.7 Å². The number of amidine groups is 1. The highest BCUT2D eigenvalue weighted by atomic mass is 32.1. The number of nitrogens with two attached hydrogens (primary N) is 1. The van der Waals surface area contributed by atoms with Gasteiger partial charge in [0, 0.05) is 23.9 Å². The fourth-order valence-electron chi connectivity index (χ4n) is 3.98. The number of nitrogens with zero attached hydrogens (tertiary/aromatic N) is 4. The molecule has 10 nitrogen and oxygen atoms in total. The maximum atomic E-state index is 13.4. The van der Waals surface area contributed by atoms with Crippen molar-refractivity contribution >= 4 is 39.7 Å². The number of carbonyl (C=O) groups is 1. The van der Waals surface area contributed by atoms with Gasteiger partial charge < -0.3 is 15.6 Å². The zero-order valence-electron chi connectivity index (χ0n) is 21.4. The van der Waals surface area contributed by atoms with E-state index in [2.05, 4.69) is 30.9 Å². The van der Waals surface area contributed by atoms with Crippen LogP contribution in [0.4, 0.5) is 15.2 Å². The van der Waals surface area contributed by atoms with Crippen LogP contribution in [0.3, 0.4) is 0 Å². The molecule has 2 atom stereocenters. The van der Waals surface area contributed by atoms with Gasteiger partial charge in [0.1, 0.15) is 40.8 Å². The SMILES string of the molecule is C/C(=C/C(C)c1ccon1)c1ccn(C(=O)c2cccc(Nc3s[nH]c(=O)c3C(N)=NC(C)CF)n2)c1C. The number of hydrogen-bond acceptors (Lipinski definition) is 8. The molecule has 12 heteroatoms. The number of anilines is 2. The molecule has 0 amide bonds. The smallest absolute Gasteiger partial charge is 0.280 e. The molecule has 0 saturated carbocycles. The molecule has 2 unspecified atom stereocenters.